The van der Waals surface area contributed by atoms with E-state index in [1.165, 1.54) is 11.8 Å². The summed E-state index contributed by atoms with van der Waals surface area (Å²) in [6.07, 6.45) is 6.43. The zero-order valence-corrected chi connectivity index (χ0v) is 18.8. The Morgan fingerprint density at radius 3 is 2.70 bits per heavy atom. The second-order valence-corrected chi connectivity index (χ2v) is 9.57. The molecule has 10 heteroatoms. The van der Waals surface area contributed by atoms with E-state index < -0.39 is 17.5 Å². The van der Waals surface area contributed by atoms with E-state index in [4.69, 9.17) is 0 Å². The highest BCUT2D eigenvalue weighted by atomic mass is 79.9. The molecule has 4 amide bonds. The number of imide groups is 1. The van der Waals surface area contributed by atoms with E-state index in [2.05, 4.69) is 38.6 Å². The summed E-state index contributed by atoms with van der Waals surface area (Å²) < 4.78 is 2.84. The zero-order chi connectivity index (χ0) is 21.3. The van der Waals surface area contributed by atoms with Gasteiger partial charge in [0.1, 0.15) is 5.54 Å². The molecule has 1 saturated heterocycles. The molecular weight excluding hydrogens is 470 g/mol. The molecule has 2 aliphatic rings. The minimum Gasteiger partial charge on any atom is -0.322 e. The number of carbonyl (C=O) groups is 3. The number of carbonyl (C=O) groups excluding carboxylic acids is 3. The number of aromatic nitrogens is 2. The van der Waals surface area contributed by atoms with E-state index in [0.29, 0.717) is 23.9 Å². The summed E-state index contributed by atoms with van der Waals surface area (Å²) in [6, 6.07) is 7.16. The topological polar surface area (TPSA) is 96.3 Å². The number of urea groups is 1. The van der Waals surface area contributed by atoms with Crippen LogP contribution in [0, 0.1) is 5.92 Å². The Labute approximate surface area is 186 Å². The van der Waals surface area contributed by atoms with Crippen molar-refractivity contribution in [3.05, 3.63) is 41.1 Å². The van der Waals surface area contributed by atoms with E-state index in [-0.39, 0.29) is 11.7 Å². The van der Waals surface area contributed by atoms with Crippen molar-refractivity contribution >= 4 is 45.5 Å². The molecule has 158 valence electrons. The average molecular weight is 492 g/mol. The van der Waals surface area contributed by atoms with Gasteiger partial charge in [0.25, 0.3) is 5.91 Å². The van der Waals surface area contributed by atoms with Crippen molar-refractivity contribution in [3.8, 4) is 5.69 Å². The van der Waals surface area contributed by atoms with Gasteiger partial charge in [-0.15, -0.1) is 0 Å². The number of nitrogens with zero attached hydrogens (tertiary/aromatic N) is 3. The minimum atomic E-state index is -0.873. The number of thioether (sulfide) groups is 1. The highest BCUT2D eigenvalue weighted by molar-refractivity contribution is 9.10. The summed E-state index contributed by atoms with van der Waals surface area (Å²) in [4.78, 5) is 41.9. The Bertz CT molecular complexity index is 969. The van der Waals surface area contributed by atoms with Gasteiger partial charge in [0.15, 0.2) is 5.16 Å². The van der Waals surface area contributed by atoms with Gasteiger partial charge in [-0.05, 0) is 55.9 Å². The Balaban J connectivity index is 1.37. The number of amides is 4. The lowest BCUT2D eigenvalue weighted by molar-refractivity contribution is -0.139. The molecule has 1 aliphatic heterocycles. The monoisotopic (exact) mass is 491 g/mol. The Kier molecular flexibility index (Phi) is 5.88. The van der Waals surface area contributed by atoms with Gasteiger partial charge in [-0.2, -0.15) is 5.01 Å². The molecule has 2 fully saturated rings. The number of hydrogen-bond acceptors (Lipinski definition) is 5. The lowest BCUT2D eigenvalue weighted by Crippen LogP contribution is -2.51. The molecule has 2 aromatic rings. The Hall–Kier alpha value is -2.33. The quantitative estimate of drug-likeness (QED) is 0.494. The molecule has 8 nitrogen and oxygen atoms in total. The van der Waals surface area contributed by atoms with Crippen LogP contribution in [0.15, 0.2) is 46.3 Å². The van der Waals surface area contributed by atoms with Gasteiger partial charge in [0.05, 0.1) is 5.75 Å². The van der Waals surface area contributed by atoms with E-state index in [9.17, 15) is 14.4 Å². The average Bonchev–Trinajstić information content (AvgIpc) is 3.28. The fourth-order valence-corrected chi connectivity index (χ4v) is 4.83. The predicted molar refractivity (Wildman–Crippen MR) is 116 cm³/mol. The SMILES string of the molecule is CC1CCC2(CC1)NC(=O)N(NC(=O)CSc1nccn1-c1ccc(Br)cc1)C2=O. The van der Waals surface area contributed by atoms with Crippen molar-refractivity contribution in [1.29, 1.82) is 0 Å². The summed E-state index contributed by atoms with van der Waals surface area (Å²) in [5.41, 5.74) is 2.50. The molecular formula is C20H22BrN5O3S. The number of nitrogens with one attached hydrogen (secondary N) is 2. The number of imidazole rings is 1. The second-order valence-electron chi connectivity index (χ2n) is 7.72. The summed E-state index contributed by atoms with van der Waals surface area (Å²) in [7, 11) is 0. The smallest absolute Gasteiger partial charge is 0.322 e. The van der Waals surface area contributed by atoms with Crippen molar-refractivity contribution in [1.82, 2.24) is 25.3 Å². The first-order chi connectivity index (χ1) is 14.4. The van der Waals surface area contributed by atoms with Crippen LogP contribution in [0.4, 0.5) is 4.79 Å². The number of hydrazine groups is 1. The van der Waals surface area contributed by atoms with Crippen molar-refractivity contribution in [2.75, 3.05) is 5.75 Å². The number of rotatable bonds is 5. The molecule has 1 aromatic heterocycles. The molecule has 1 aliphatic carbocycles. The highest BCUT2D eigenvalue weighted by Crippen LogP contribution is 2.35. The van der Waals surface area contributed by atoms with Crippen LogP contribution in [0.2, 0.25) is 0 Å². The van der Waals surface area contributed by atoms with Crippen LogP contribution in [-0.2, 0) is 9.59 Å². The number of benzene rings is 1. The van der Waals surface area contributed by atoms with Crippen molar-refractivity contribution in [3.63, 3.8) is 0 Å². The molecule has 1 aromatic carbocycles. The van der Waals surface area contributed by atoms with Gasteiger partial charge in [-0.1, -0.05) is 34.6 Å². The molecule has 0 atom stereocenters. The maximum Gasteiger partial charge on any atom is 0.344 e. The standard InChI is InChI=1S/C20H22BrN5O3S/c1-13-6-8-20(9-7-13)17(28)26(18(29)23-20)24-16(27)12-30-19-22-10-11-25(19)15-4-2-14(21)3-5-15/h2-5,10-11,13H,6-9,12H2,1H3,(H,23,29)(H,24,27). The van der Waals surface area contributed by atoms with E-state index in [0.717, 1.165) is 28.0 Å². The molecule has 0 radical (unpaired) electrons. The van der Waals surface area contributed by atoms with E-state index >= 15 is 0 Å². The van der Waals surface area contributed by atoms with Gasteiger partial charge in [0.2, 0.25) is 5.91 Å². The normalized spacial score (nSPS) is 23.7. The van der Waals surface area contributed by atoms with Crippen molar-refractivity contribution in [2.45, 2.75) is 43.3 Å². The van der Waals surface area contributed by atoms with Crippen LogP contribution < -0.4 is 10.7 Å². The lowest BCUT2D eigenvalue weighted by Gasteiger charge is -2.33. The van der Waals surface area contributed by atoms with Gasteiger partial charge < -0.3 is 5.32 Å². The fraction of sp³-hybridized carbons (Fsp3) is 0.400. The maximum atomic E-state index is 12.8. The molecule has 4 rings (SSSR count). The van der Waals surface area contributed by atoms with Gasteiger partial charge in [-0.25, -0.2) is 9.78 Å². The van der Waals surface area contributed by atoms with Crippen LogP contribution in [0.1, 0.15) is 32.6 Å². The minimum absolute atomic E-state index is 0.0225. The second kappa shape index (κ2) is 8.43. The van der Waals surface area contributed by atoms with Crippen LogP contribution in [0.3, 0.4) is 0 Å². The maximum absolute atomic E-state index is 12.8. The Morgan fingerprint density at radius 2 is 2.00 bits per heavy atom. The number of halogens is 1. The molecule has 1 spiro atoms. The van der Waals surface area contributed by atoms with E-state index in [1.54, 1.807) is 6.20 Å². The molecule has 0 bridgehead atoms. The van der Waals surface area contributed by atoms with Crippen molar-refractivity contribution < 1.29 is 14.4 Å². The van der Waals surface area contributed by atoms with Gasteiger partial charge in [-0.3, -0.25) is 19.6 Å². The molecule has 0 unspecified atom stereocenters. The molecule has 30 heavy (non-hydrogen) atoms. The molecule has 2 heterocycles. The zero-order valence-electron chi connectivity index (χ0n) is 16.4. The van der Waals surface area contributed by atoms with Gasteiger partial charge >= 0.3 is 6.03 Å². The summed E-state index contributed by atoms with van der Waals surface area (Å²) in [5, 5.41) is 4.27. The Morgan fingerprint density at radius 1 is 1.30 bits per heavy atom. The first-order valence-electron chi connectivity index (χ1n) is 9.76. The van der Waals surface area contributed by atoms with Crippen LogP contribution >= 0.6 is 27.7 Å². The third-order valence-electron chi connectivity index (χ3n) is 5.57. The summed E-state index contributed by atoms with van der Waals surface area (Å²) in [6.45, 7) is 2.14. The predicted octanol–water partition coefficient (Wildman–Crippen LogP) is 3.26. The molecule has 2 N–H and O–H groups in total. The third-order valence-corrected chi connectivity index (χ3v) is 7.07. The van der Waals surface area contributed by atoms with Crippen LogP contribution in [0.25, 0.3) is 5.69 Å². The van der Waals surface area contributed by atoms with Gasteiger partial charge in [0, 0.05) is 22.6 Å². The van der Waals surface area contributed by atoms with E-state index in [1.807, 2.05) is 35.0 Å². The van der Waals surface area contributed by atoms with Crippen molar-refractivity contribution in [2.24, 2.45) is 5.92 Å². The first kappa shape index (κ1) is 20.9. The largest absolute Gasteiger partial charge is 0.344 e. The fourth-order valence-electron chi connectivity index (χ4n) is 3.80. The lowest BCUT2D eigenvalue weighted by atomic mass is 9.77. The first-order valence-corrected chi connectivity index (χ1v) is 11.5. The summed E-state index contributed by atoms with van der Waals surface area (Å²) >= 11 is 4.64. The highest BCUT2D eigenvalue weighted by Gasteiger charge is 2.52. The molecule has 1 saturated carbocycles. The van der Waals surface area contributed by atoms with Crippen LogP contribution in [0.5, 0.6) is 0 Å². The summed E-state index contributed by atoms with van der Waals surface area (Å²) in [5.74, 6) is -0.242. The number of hydrogen-bond donors (Lipinski definition) is 2. The third kappa shape index (κ3) is 4.11. The van der Waals surface area contributed by atoms with Crippen LogP contribution in [-0.4, -0.2) is 43.7 Å².